The molecule has 0 bridgehead atoms. The first-order chi connectivity index (χ1) is 8.92. The van der Waals surface area contributed by atoms with Crippen molar-refractivity contribution >= 4 is 0 Å². The van der Waals surface area contributed by atoms with Crippen LogP contribution in [-0.2, 0) is 0 Å². The molecule has 1 rings (SSSR count). The van der Waals surface area contributed by atoms with Crippen molar-refractivity contribution in [1.29, 1.82) is 0 Å². The minimum Gasteiger partial charge on any atom is -0.329 e. The molecule has 0 aliphatic carbocycles. The van der Waals surface area contributed by atoms with Crippen molar-refractivity contribution < 1.29 is 0 Å². The Balaban J connectivity index is 2.51. The van der Waals surface area contributed by atoms with E-state index >= 15 is 0 Å². The van der Waals surface area contributed by atoms with Crippen molar-refractivity contribution in [3.63, 3.8) is 0 Å². The van der Waals surface area contributed by atoms with E-state index in [0.717, 1.165) is 18.5 Å². The molecular weight excluding hydrogens is 234 g/mol. The van der Waals surface area contributed by atoms with E-state index in [1.807, 2.05) is 0 Å². The van der Waals surface area contributed by atoms with Crippen LogP contribution in [0.5, 0.6) is 0 Å². The highest BCUT2D eigenvalue weighted by Crippen LogP contribution is 2.24. The second kappa shape index (κ2) is 7.61. The highest BCUT2D eigenvalue weighted by Gasteiger charge is 2.33. The van der Waals surface area contributed by atoms with Crippen LogP contribution in [0.1, 0.15) is 53.9 Å². The van der Waals surface area contributed by atoms with Gasteiger partial charge in [0.2, 0.25) is 0 Å². The maximum Gasteiger partial charge on any atom is 0.0304 e. The summed E-state index contributed by atoms with van der Waals surface area (Å²) in [5, 5.41) is 0. The minimum atomic E-state index is 0.200. The quantitative estimate of drug-likeness (QED) is 0.771. The lowest BCUT2D eigenvalue weighted by molar-refractivity contribution is 0.0249. The third kappa shape index (κ3) is 4.73. The van der Waals surface area contributed by atoms with Crippen molar-refractivity contribution in [2.75, 3.05) is 32.7 Å². The second-order valence-electron chi connectivity index (χ2n) is 6.91. The summed E-state index contributed by atoms with van der Waals surface area (Å²) in [5.41, 5.74) is 6.29. The Morgan fingerprint density at radius 2 is 1.68 bits per heavy atom. The Morgan fingerprint density at radius 3 is 2.11 bits per heavy atom. The van der Waals surface area contributed by atoms with E-state index in [4.69, 9.17) is 5.73 Å². The van der Waals surface area contributed by atoms with Crippen LogP contribution in [0.4, 0.5) is 0 Å². The normalized spacial score (nSPS) is 23.5. The van der Waals surface area contributed by atoms with Crippen LogP contribution in [0.15, 0.2) is 0 Å². The van der Waals surface area contributed by atoms with Crippen LogP contribution in [0.2, 0.25) is 0 Å². The standard InChI is InChI=1S/C16H35N3/c1-6-15(4)18-9-11-19(12-10-18)16(5,13-17)8-7-14(2)3/h14-15H,6-13,17H2,1-5H3. The van der Waals surface area contributed by atoms with E-state index in [1.165, 1.54) is 45.4 Å². The van der Waals surface area contributed by atoms with Crippen LogP contribution in [0, 0.1) is 5.92 Å². The van der Waals surface area contributed by atoms with Gasteiger partial charge in [0.1, 0.15) is 0 Å². The average molecular weight is 269 g/mol. The molecule has 2 N–H and O–H groups in total. The lowest BCUT2D eigenvalue weighted by atomic mass is 9.89. The van der Waals surface area contributed by atoms with E-state index in [1.54, 1.807) is 0 Å². The van der Waals surface area contributed by atoms with E-state index < -0.39 is 0 Å². The smallest absolute Gasteiger partial charge is 0.0304 e. The molecule has 0 radical (unpaired) electrons. The first-order valence-electron chi connectivity index (χ1n) is 8.12. The fourth-order valence-corrected chi connectivity index (χ4v) is 2.95. The molecule has 0 saturated carbocycles. The number of nitrogens with zero attached hydrogens (tertiary/aromatic N) is 2. The predicted molar refractivity (Wildman–Crippen MR) is 84.4 cm³/mol. The number of rotatable bonds is 7. The molecule has 1 saturated heterocycles. The van der Waals surface area contributed by atoms with Crippen LogP contribution >= 0.6 is 0 Å². The molecule has 0 spiro atoms. The van der Waals surface area contributed by atoms with Gasteiger partial charge in [-0.2, -0.15) is 0 Å². The van der Waals surface area contributed by atoms with Gasteiger partial charge < -0.3 is 5.73 Å². The summed E-state index contributed by atoms with van der Waals surface area (Å²) in [4.78, 5) is 5.25. The van der Waals surface area contributed by atoms with Crippen molar-refractivity contribution in [1.82, 2.24) is 9.80 Å². The van der Waals surface area contributed by atoms with Gasteiger partial charge in [-0.1, -0.05) is 20.8 Å². The van der Waals surface area contributed by atoms with Gasteiger partial charge in [-0.25, -0.2) is 0 Å². The molecule has 1 aliphatic rings. The molecule has 0 amide bonds. The molecule has 3 nitrogen and oxygen atoms in total. The molecule has 0 aromatic rings. The molecular formula is C16H35N3. The zero-order chi connectivity index (χ0) is 14.5. The summed E-state index contributed by atoms with van der Waals surface area (Å²) in [6, 6.07) is 0.724. The largest absolute Gasteiger partial charge is 0.329 e. The van der Waals surface area contributed by atoms with Gasteiger partial charge in [-0.3, -0.25) is 9.80 Å². The lowest BCUT2D eigenvalue weighted by Crippen LogP contribution is -2.59. The van der Waals surface area contributed by atoms with Gasteiger partial charge >= 0.3 is 0 Å². The van der Waals surface area contributed by atoms with Gasteiger partial charge in [-0.05, 0) is 39.0 Å². The fourth-order valence-electron chi connectivity index (χ4n) is 2.95. The topological polar surface area (TPSA) is 32.5 Å². The molecule has 3 heteroatoms. The Kier molecular flexibility index (Phi) is 6.78. The minimum absolute atomic E-state index is 0.200. The molecule has 19 heavy (non-hydrogen) atoms. The van der Waals surface area contributed by atoms with Crippen LogP contribution in [0.3, 0.4) is 0 Å². The Morgan fingerprint density at radius 1 is 1.11 bits per heavy atom. The third-order valence-electron chi connectivity index (χ3n) is 4.99. The van der Waals surface area contributed by atoms with Crippen molar-refractivity contribution in [3.05, 3.63) is 0 Å². The van der Waals surface area contributed by atoms with Gasteiger partial charge in [0.15, 0.2) is 0 Å². The first-order valence-corrected chi connectivity index (χ1v) is 8.12. The summed E-state index contributed by atoms with van der Waals surface area (Å²) in [7, 11) is 0. The Labute approximate surface area is 120 Å². The number of piperazine rings is 1. The summed E-state index contributed by atoms with van der Waals surface area (Å²) in [5.74, 6) is 0.771. The molecule has 114 valence electrons. The maximum absolute atomic E-state index is 6.09. The summed E-state index contributed by atoms with van der Waals surface area (Å²) < 4.78 is 0. The van der Waals surface area contributed by atoms with E-state index in [2.05, 4.69) is 44.4 Å². The average Bonchev–Trinajstić information content (AvgIpc) is 2.44. The molecule has 0 aromatic carbocycles. The van der Waals surface area contributed by atoms with Gasteiger partial charge in [-0.15, -0.1) is 0 Å². The maximum atomic E-state index is 6.09. The van der Waals surface area contributed by atoms with Crippen molar-refractivity contribution in [2.24, 2.45) is 11.7 Å². The van der Waals surface area contributed by atoms with Crippen molar-refractivity contribution in [2.45, 2.75) is 65.5 Å². The summed E-state index contributed by atoms with van der Waals surface area (Å²) in [6.07, 6.45) is 3.76. The van der Waals surface area contributed by atoms with Gasteiger partial charge in [0.05, 0.1) is 0 Å². The van der Waals surface area contributed by atoms with Crippen LogP contribution in [-0.4, -0.2) is 54.1 Å². The molecule has 2 atom stereocenters. The lowest BCUT2D eigenvalue weighted by Gasteiger charge is -2.47. The monoisotopic (exact) mass is 269 g/mol. The van der Waals surface area contributed by atoms with Gasteiger partial charge in [0.25, 0.3) is 0 Å². The van der Waals surface area contributed by atoms with E-state index in [9.17, 15) is 0 Å². The third-order valence-corrected chi connectivity index (χ3v) is 4.99. The zero-order valence-electron chi connectivity index (χ0n) is 13.8. The Hall–Kier alpha value is -0.120. The van der Waals surface area contributed by atoms with Crippen LogP contribution in [0.25, 0.3) is 0 Å². The number of hydrogen-bond donors (Lipinski definition) is 1. The SMILES string of the molecule is CCC(C)N1CCN(C(C)(CN)CCC(C)C)CC1. The predicted octanol–water partition coefficient (Wildman–Crippen LogP) is 2.56. The highest BCUT2D eigenvalue weighted by atomic mass is 15.3. The summed E-state index contributed by atoms with van der Waals surface area (Å²) in [6.45, 7) is 17.1. The molecule has 1 aliphatic heterocycles. The highest BCUT2D eigenvalue weighted by molar-refractivity contribution is 4.91. The fraction of sp³-hybridized carbons (Fsp3) is 1.00. The first kappa shape index (κ1) is 16.9. The molecule has 1 heterocycles. The van der Waals surface area contributed by atoms with Crippen LogP contribution < -0.4 is 5.73 Å². The summed E-state index contributed by atoms with van der Waals surface area (Å²) >= 11 is 0. The molecule has 1 fully saturated rings. The zero-order valence-corrected chi connectivity index (χ0v) is 13.8. The molecule has 2 unspecified atom stereocenters. The number of hydrogen-bond acceptors (Lipinski definition) is 3. The Bertz CT molecular complexity index is 246. The van der Waals surface area contributed by atoms with E-state index in [-0.39, 0.29) is 5.54 Å². The molecule has 0 aromatic heterocycles. The second-order valence-corrected chi connectivity index (χ2v) is 6.91. The van der Waals surface area contributed by atoms with Crippen molar-refractivity contribution in [3.8, 4) is 0 Å². The van der Waals surface area contributed by atoms with Gasteiger partial charge in [0, 0.05) is 44.3 Å². The van der Waals surface area contributed by atoms with E-state index in [0.29, 0.717) is 0 Å². The number of nitrogens with two attached hydrogens (primary N) is 1.